The van der Waals surface area contributed by atoms with Crippen molar-refractivity contribution in [2.45, 2.75) is 59.4 Å². The lowest BCUT2D eigenvalue weighted by molar-refractivity contribution is -0.146. The van der Waals surface area contributed by atoms with Gasteiger partial charge in [0.1, 0.15) is 0 Å². The predicted molar refractivity (Wildman–Crippen MR) is 63.0 cm³/mol. The molecule has 3 nitrogen and oxygen atoms in total. The van der Waals surface area contributed by atoms with Gasteiger partial charge in [0.05, 0.1) is 5.41 Å². The molecule has 0 aliphatic carbocycles. The molecule has 1 unspecified atom stereocenters. The first-order chi connectivity index (χ1) is 6.90. The summed E-state index contributed by atoms with van der Waals surface area (Å²) in [5, 5.41) is 12.2. The Kier molecular flexibility index (Phi) is 6.57. The predicted octanol–water partition coefficient (Wildman–Crippen LogP) is 2.66. The number of hydrogen-bond acceptors (Lipinski definition) is 2. The average molecular weight is 215 g/mol. The Labute approximate surface area is 93.3 Å². The minimum Gasteiger partial charge on any atom is -0.481 e. The largest absolute Gasteiger partial charge is 0.481 e. The van der Waals surface area contributed by atoms with Crippen LogP contribution in [0.1, 0.15) is 53.4 Å². The lowest BCUT2D eigenvalue weighted by atomic mass is 9.93. The first-order valence-corrected chi connectivity index (χ1v) is 5.87. The van der Waals surface area contributed by atoms with E-state index in [0.29, 0.717) is 12.6 Å². The highest BCUT2D eigenvalue weighted by Gasteiger charge is 2.26. The quantitative estimate of drug-likeness (QED) is 0.612. The second kappa shape index (κ2) is 6.83. The second-order valence-electron chi connectivity index (χ2n) is 4.97. The van der Waals surface area contributed by atoms with E-state index in [-0.39, 0.29) is 0 Å². The van der Waals surface area contributed by atoms with Crippen LogP contribution in [0.3, 0.4) is 0 Å². The number of carbonyl (C=O) groups is 1. The van der Waals surface area contributed by atoms with E-state index in [4.69, 9.17) is 5.11 Å². The van der Waals surface area contributed by atoms with Gasteiger partial charge in [-0.2, -0.15) is 0 Å². The monoisotopic (exact) mass is 215 g/mol. The van der Waals surface area contributed by atoms with Gasteiger partial charge in [0.25, 0.3) is 0 Å². The Morgan fingerprint density at radius 2 is 2.00 bits per heavy atom. The lowest BCUT2D eigenvalue weighted by Gasteiger charge is -2.22. The van der Waals surface area contributed by atoms with Crippen LogP contribution in [0, 0.1) is 5.41 Å². The van der Waals surface area contributed by atoms with Crippen molar-refractivity contribution in [2.75, 3.05) is 6.54 Å². The third-order valence-corrected chi connectivity index (χ3v) is 2.71. The molecule has 0 fully saturated rings. The minimum atomic E-state index is -0.740. The van der Waals surface area contributed by atoms with Crippen LogP contribution in [-0.2, 0) is 4.79 Å². The summed E-state index contributed by atoms with van der Waals surface area (Å²) >= 11 is 0. The van der Waals surface area contributed by atoms with E-state index >= 15 is 0 Å². The molecule has 0 radical (unpaired) electrons. The summed E-state index contributed by atoms with van der Waals surface area (Å²) in [6.07, 6.45) is 4.84. The average Bonchev–Trinajstić information content (AvgIpc) is 2.15. The van der Waals surface area contributed by atoms with E-state index in [1.807, 2.05) is 0 Å². The summed E-state index contributed by atoms with van der Waals surface area (Å²) in [5.41, 5.74) is -0.668. The molecule has 0 heterocycles. The smallest absolute Gasteiger partial charge is 0.310 e. The van der Waals surface area contributed by atoms with Gasteiger partial charge in [-0.05, 0) is 27.2 Å². The molecule has 0 aromatic carbocycles. The first kappa shape index (κ1) is 14.4. The van der Waals surface area contributed by atoms with Gasteiger partial charge in [-0.25, -0.2) is 0 Å². The molecule has 0 amide bonds. The van der Waals surface area contributed by atoms with Gasteiger partial charge in [0, 0.05) is 12.6 Å². The lowest BCUT2D eigenvalue weighted by Crippen LogP contribution is -2.39. The number of nitrogens with one attached hydrogen (secondary N) is 1. The second-order valence-corrected chi connectivity index (χ2v) is 4.97. The molecule has 0 spiro atoms. The van der Waals surface area contributed by atoms with Crippen molar-refractivity contribution in [3.05, 3.63) is 0 Å². The number of carboxylic acids is 1. The van der Waals surface area contributed by atoms with Crippen LogP contribution in [0.2, 0.25) is 0 Å². The zero-order valence-corrected chi connectivity index (χ0v) is 10.5. The summed E-state index contributed by atoms with van der Waals surface area (Å²) in [4.78, 5) is 10.9. The topological polar surface area (TPSA) is 49.3 Å². The summed E-state index contributed by atoms with van der Waals surface area (Å²) in [6.45, 7) is 8.34. The third kappa shape index (κ3) is 6.50. The summed E-state index contributed by atoms with van der Waals surface area (Å²) in [5.74, 6) is -0.740. The number of rotatable bonds is 8. The van der Waals surface area contributed by atoms with E-state index in [9.17, 15) is 4.79 Å². The van der Waals surface area contributed by atoms with Gasteiger partial charge in [-0.1, -0.05) is 26.2 Å². The Balaban J connectivity index is 3.70. The summed E-state index contributed by atoms with van der Waals surface area (Å²) in [7, 11) is 0. The maximum Gasteiger partial charge on any atom is 0.310 e. The molecule has 3 heteroatoms. The highest BCUT2D eigenvalue weighted by Crippen LogP contribution is 2.14. The first-order valence-electron chi connectivity index (χ1n) is 5.87. The molecule has 0 aromatic heterocycles. The summed E-state index contributed by atoms with van der Waals surface area (Å²) in [6, 6.07) is 0.412. The van der Waals surface area contributed by atoms with Gasteiger partial charge in [0.2, 0.25) is 0 Å². The number of hydrogen-bond donors (Lipinski definition) is 2. The third-order valence-electron chi connectivity index (χ3n) is 2.71. The Bertz CT molecular complexity index is 190. The van der Waals surface area contributed by atoms with E-state index in [2.05, 4.69) is 19.2 Å². The molecule has 0 saturated carbocycles. The van der Waals surface area contributed by atoms with Crippen LogP contribution in [0.25, 0.3) is 0 Å². The molecule has 0 aromatic rings. The zero-order valence-electron chi connectivity index (χ0n) is 10.5. The van der Waals surface area contributed by atoms with Crippen molar-refractivity contribution in [3.63, 3.8) is 0 Å². The van der Waals surface area contributed by atoms with Crippen LogP contribution in [-0.4, -0.2) is 23.7 Å². The van der Waals surface area contributed by atoms with Crippen LogP contribution >= 0.6 is 0 Å². The molecule has 0 aliphatic rings. The SMILES string of the molecule is CCCCCC(C)NCC(C)(C)C(=O)O. The van der Waals surface area contributed by atoms with Gasteiger partial charge in [-0.3, -0.25) is 4.79 Å². The fourth-order valence-electron chi connectivity index (χ4n) is 1.31. The standard InChI is InChI=1S/C12H25NO2/c1-5-6-7-8-10(2)13-9-12(3,4)11(14)15/h10,13H,5-9H2,1-4H3,(H,14,15). The van der Waals surface area contributed by atoms with Gasteiger partial charge >= 0.3 is 5.97 Å². The number of aliphatic carboxylic acids is 1. The highest BCUT2D eigenvalue weighted by molar-refractivity contribution is 5.73. The van der Waals surface area contributed by atoms with E-state index in [0.717, 1.165) is 6.42 Å². The minimum absolute atomic E-state index is 0.412. The molecule has 0 aliphatic heterocycles. The van der Waals surface area contributed by atoms with Crippen LogP contribution in [0.5, 0.6) is 0 Å². The molecule has 15 heavy (non-hydrogen) atoms. The molecule has 1 atom stereocenters. The van der Waals surface area contributed by atoms with Crippen molar-refractivity contribution in [3.8, 4) is 0 Å². The van der Waals surface area contributed by atoms with Crippen molar-refractivity contribution >= 4 is 5.97 Å². The van der Waals surface area contributed by atoms with Crippen LogP contribution < -0.4 is 5.32 Å². The molecular formula is C12H25NO2. The maximum absolute atomic E-state index is 10.9. The molecule has 90 valence electrons. The van der Waals surface area contributed by atoms with Gasteiger partial charge < -0.3 is 10.4 Å². The maximum atomic E-state index is 10.9. The highest BCUT2D eigenvalue weighted by atomic mass is 16.4. The fraction of sp³-hybridized carbons (Fsp3) is 0.917. The molecule has 0 bridgehead atoms. The van der Waals surface area contributed by atoms with E-state index in [1.165, 1.54) is 19.3 Å². The Hall–Kier alpha value is -0.570. The Morgan fingerprint density at radius 3 is 2.47 bits per heavy atom. The van der Waals surface area contributed by atoms with Crippen molar-refractivity contribution < 1.29 is 9.90 Å². The number of carboxylic acid groups (broad SMARTS) is 1. The number of unbranched alkanes of at least 4 members (excludes halogenated alkanes) is 2. The molecule has 0 rings (SSSR count). The fourth-order valence-corrected chi connectivity index (χ4v) is 1.31. The van der Waals surface area contributed by atoms with E-state index < -0.39 is 11.4 Å². The normalized spacial score (nSPS) is 13.9. The van der Waals surface area contributed by atoms with Gasteiger partial charge in [0.15, 0.2) is 0 Å². The Morgan fingerprint density at radius 1 is 1.40 bits per heavy atom. The van der Waals surface area contributed by atoms with Crippen molar-refractivity contribution in [2.24, 2.45) is 5.41 Å². The van der Waals surface area contributed by atoms with Crippen molar-refractivity contribution in [1.82, 2.24) is 5.32 Å². The van der Waals surface area contributed by atoms with Crippen LogP contribution in [0.4, 0.5) is 0 Å². The van der Waals surface area contributed by atoms with Crippen molar-refractivity contribution in [1.29, 1.82) is 0 Å². The molecule has 0 saturated heterocycles. The van der Waals surface area contributed by atoms with Crippen LogP contribution in [0.15, 0.2) is 0 Å². The van der Waals surface area contributed by atoms with Gasteiger partial charge in [-0.15, -0.1) is 0 Å². The zero-order chi connectivity index (χ0) is 11.9. The molecule has 2 N–H and O–H groups in total. The molecular weight excluding hydrogens is 190 g/mol. The van der Waals surface area contributed by atoms with E-state index in [1.54, 1.807) is 13.8 Å². The summed E-state index contributed by atoms with van der Waals surface area (Å²) < 4.78 is 0.